The Labute approximate surface area is 201 Å². The first kappa shape index (κ1) is 24.0. The van der Waals surface area contributed by atoms with Gasteiger partial charge in [0.25, 0.3) is 0 Å². The summed E-state index contributed by atoms with van der Waals surface area (Å²) in [6, 6.07) is 0. The molecule has 33 heavy (non-hydrogen) atoms. The minimum absolute atomic E-state index is 0.0853. The second-order valence-electron chi connectivity index (χ2n) is 14.3. The van der Waals surface area contributed by atoms with Crippen molar-refractivity contribution in [3.63, 3.8) is 0 Å². The fraction of sp³-hybridized carbons (Fsp3) is 0.900. The molecular weight excluding hydrogens is 408 g/mol. The zero-order chi connectivity index (χ0) is 24.0. The van der Waals surface area contributed by atoms with E-state index < -0.39 is 6.10 Å². The van der Waals surface area contributed by atoms with Crippen LogP contribution in [0.1, 0.15) is 98.8 Å². The highest BCUT2D eigenvalue weighted by molar-refractivity contribution is 5.62. The van der Waals surface area contributed by atoms with Gasteiger partial charge in [0.05, 0.1) is 12.7 Å². The molecule has 0 heterocycles. The van der Waals surface area contributed by atoms with E-state index in [1.54, 1.807) is 0 Å². The van der Waals surface area contributed by atoms with Crippen molar-refractivity contribution in [3.05, 3.63) is 12.2 Å². The van der Waals surface area contributed by atoms with E-state index in [2.05, 4.69) is 41.2 Å². The molecule has 2 N–H and O–H groups in total. The molecule has 5 aliphatic rings. The largest absolute Gasteiger partial charge is 0.396 e. The SMILES string of the molecule is C=C(C)[C@@H]1CC[C@]2(C=O)CC[C@]3(C)C(CC[C@@H]4[C@@]5(C)CC[C@H](O)[C@@](C)(CO)[C@@H]5CC[C@]43C)[C@@H]12. The maximum absolute atomic E-state index is 12.6. The van der Waals surface area contributed by atoms with Crippen molar-refractivity contribution in [2.75, 3.05) is 6.61 Å². The molecule has 0 amide bonds. The van der Waals surface area contributed by atoms with E-state index in [0.717, 1.165) is 38.5 Å². The van der Waals surface area contributed by atoms with Crippen molar-refractivity contribution in [3.8, 4) is 0 Å². The van der Waals surface area contributed by atoms with Gasteiger partial charge in [0, 0.05) is 10.8 Å². The Morgan fingerprint density at radius 1 is 0.909 bits per heavy atom. The number of allylic oxidation sites excluding steroid dienone is 1. The number of aldehydes is 1. The van der Waals surface area contributed by atoms with Crippen LogP contribution in [0.15, 0.2) is 12.2 Å². The van der Waals surface area contributed by atoms with Crippen LogP contribution in [0.5, 0.6) is 0 Å². The van der Waals surface area contributed by atoms with Gasteiger partial charge in [0.1, 0.15) is 6.29 Å². The van der Waals surface area contributed by atoms with Crippen molar-refractivity contribution in [2.45, 2.75) is 105 Å². The van der Waals surface area contributed by atoms with Crippen molar-refractivity contribution in [1.82, 2.24) is 0 Å². The average molecular weight is 457 g/mol. The molecule has 5 saturated carbocycles. The van der Waals surface area contributed by atoms with Gasteiger partial charge in [0.2, 0.25) is 0 Å². The minimum Gasteiger partial charge on any atom is -0.396 e. The Bertz CT molecular complexity index is 836. The monoisotopic (exact) mass is 456 g/mol. The molecule has 5 aliphatic carbocycles. The summed E-state index contributed by atoms with van der Waals surface area (Å²) in [5.74, 6) is 2.56. The lowest BCUT2D eigenvalue weighted by Gasteiger charge is -2.72. The summed E-state index contributed by atoms with van der Waals surface area (Å²) in [7, 11) is 0. The van der Waals surface area contributed by atoms with Crippen molar-refractivity contribution >= 4 is 6.29 Å². The molecule has 0 aromatic heterocycles. The van der Waals surface area contributed by atoms with Gasteiger partial charge in [-0.1, -0.05) is 39.8 Å². The third-order valence-electron chi connectivity index (χ3n) is 13.5. The quantitative estimate of drug-likeness (QED) is 0.394. The smallest absolute Gasteiger partial charge is 0.126 e. The average Bonchev–Trinajstić information content (AvgIpc) is 3.17. The maximum Gasteiger partial charge on any atom is 0.126 e. The number of hydrogen-bond donors (Lipinski definition) is 2. The number of rotatable bonds is 3. The molecule has 5 fully saturated rings. The van der Waals surface area contributed by atoms with Crippen LogP contribution >= 0.6 is 0 Å². The zero-order valence-electron chi connectivity index (χ0n) is 21.8. The molecule has 0 aromatic rings. The van der Waals surface area contributed by atoms with Gasteiger partial charge in [-0.3, -0.25) is 0 Å². The number of carbonyl (C=O) groups is 1. The van der Waals surface area contributed by atoms with Crippen molar-refractivity contribution in [2.24, 2.45) is 56.7 Å². The number of carbonyl (C=O) groups excluding carboxylic acids is 1. The van der Waals surface area contributed by atoms with Crippen molar-refractivity contribution in [1.29, 1.82) is 0 Å². The first-order valence-corrected chi connectivity index (χ1v) is 13.8. The first-order valence-electron chi connectivity index (χ1n) is 13.8. The molecule has 0 radical (unpaired) electrons. The summed E-state index contributed by atoms with van der Waals surface area (Å²) >= 11 is 0. The molecule has 1 unspecified atom stereocenters. The lowest BCUT2D eigenvalue weighted by Crippen LogP contribution is -2.67. The molecule has 186 valence electrons. The molecule has 0 saturated heterocycles. The van der Waals surface area contributed by atoms with Crippen LogP contribution in [-0.4, -0.2) is 29.2 Å². The second kappa shape index (κ2) is 7.42. The summed E-state index contributed by atoms with van der Waals surface area (Å²) in [6.45, 7) is 16.5. The van der Waals surface area contributed by atoms with Crippen LogP contribution in [0.3, 0.4) is 0 Å². The summed E-state index contributed by atoms with van der Waals surface area (Å²) in [4.78, 5) is 12.6. The highest BCUT2D eigenvalue weighted by atomic mass is 16.3. The van der Waals surface area contributed by atoms with Gasteiger partial charge in [-0.2, -0.15) is 0 Å². The molecule has 0 bridgehead atoms. The predicted octanol–water partition coefficient (Wildman–Crippen LogP) is 6.18. The molecule has 11 atom stereocenters. The zero-order valence-corrected chi connectivity index (χ0v) is 21.8. The standard InChI is InChI=1S/C30H48O3/c1-19(2)20-9-14-30(18-32)16-15-28(5)21(25(20)30)7-8-23-26(3)12-11-24(33)27(4,17-31)22(26)10-13-29(23,28)6/h18,20-25,31,33H,1,7-17H2,2-6H3/t20-,21?,22+,23+,24-,25+,26-,27-,28+,29+,30+/m0/s1. The summed E-state index contributed by atoms with van der Waals surface area (Å²) < 4.78 is 0. The number of aliphatic hydroxyl groups is 2. The Kier molecular flexibility index (Phi) is 5.40. The van der Waals surface area contributed by atoms with E-state index in [1.165, 1.54) is 37.5 Å². The number of hydrogen-bond acceptors (Lipinski definition) is 3. The molecule has 5 rings (SSSR count). The lowest BCUT2D eigenvalue weighted by molar-refractivity contribution is -0.252. The first-order chi connectivity index (χ1) is 15.4. The van der Waals surface area contributed by atoms with Gasteiger partial charge >= 0.3 is 0 Å². The molecule has 0 spiro atoms. The molecular formula is C30H48O3. The fourth-order valence-corrected chi connectivity index (χ4v) is 11.4. The van der Waals surface area contributed by atoms with Crippen LogP contribution in [0.4, 0.5) is 0 Å². The van der Waals surface area contributed by atoms with Gasteiger partial charge in [0.15, 0.2) is 0 Å². The van der Waals surface area contributed by atoms with Gasteiger partial charge < -0.3 is 15.0 Å². The predicted molar refractivity (Wildman–Crippen MR) is 132 cm³/mol. The van der Waals surface area contributed by atoms with Gasteiger partial charge in [-0.25, -0.2) is 0 Å². The maximum atomic E-state index is 12.6. The topological polar surface area (TPSA) is 57.5 Å². The Morgan fingerprint density at radius 3 is 2.27 bits per heavy atom. The molecule has 0 aromatic carbocycles. The Balaban J connectivity index is 1.55. The van der Waals surface area contributed by atoms with Crippen molar-refractivity contribution < 1.29 is 15.0 Å². The fourth-order valence-electron chi connectivity index (χ4n) is 11.4. The Hall–Kier alpha value is -0.670. The van der Waals surface area contributed by atoms with Crippen LogP contribution in [0.2, 0.25) is 0 Å². The van der Waals surface area contributed by atoms with E-state index >= 15 is 0 Å². The van der Waals surface area contributed by atoms with Gasteiger partial charge in [-0.15, -0.1) is 0 Å². The highest BCUT2D eigenvalue weighted by Gasteiger charge is 2.71. The van der Waals surface area contributed by atoms with E-state index in [4.69, 9.17) is 0 Å². The lowest BCUT2D eigenvalue weighted by atomic mass is 9.32. The molecule has 3 heteroatoms. The second-order valence-corrected chi connectivity index (χ2v) is 14.3. The third-order valence-corrected chi connectivity index (χ3v) is 13.5. The van der Waals surface area contributed by atoms with E-state index in [0.29, 0.717) is 29.6 Å². The van der Waals surface area contributed by atoms with Crippen LogP contribution in [-0.2, 0) is 4.79 Å². The number of fused-ring (bicyclic) bond motifs is 7. The minimum atomic E-state index is -0.394. The summed E-state index contributed by atoms with van der Waals surface area (Å²) in [6.07, 6.45) is 12.0. The molecule has 3 nitrogen and oxygen atoms in total. The molecule has 0 aliphatic heterocycles. The van der Waals surface area contributed by atoms with E-state index in [-0.39, 0.29) is 33.7 Å². The summed E-state index contributed by atoms with van der Waals surface area (Å²) in [5.41, 5.74) is 1.43. The van der Waals surface area contributed by atoms with E-state index in [1.807, 2.05) is 0 Å². The normalized spacial score (nSPS) is 57.9. The van der Waals surface area contributed by atoms with E-state index in [9.17, 15) is 15.0 Å². The highest BCUT2D eigenvalue weighted by Crippen LogP contribution is 2.77. The Morgan fingerprint density at radius 2 is 1.64 bits per heavy atom. The summed E-state index contributed by atoms with van der Waals surface area (Å²) in [5, 5.41) is 21.3. The number of aliphatic hydroxyl groups excluding tert-OH is 2. The third kappa shape index (κ3) is 2.79. The van der Waals surface area contributed by atoms with Crippen LogP contribution in [0, 0.1) is 56.7 Å². The van der Waals surface area contributed by atoms with Crippen LogP contribution < -0.4 is 0 Å². The van der Waals surface area contributed by atoms with Crippen LogP contribution in [0.25, 0.3) is 0 Å². The van der Waals surface area contributed by atoms with Gasteiger partial charge in [-0.05, 0) is 117 Å².